The van der Waals surface area contributed by atoms with Gasteiger partial charge >= 0.3 is 11.9 Å². The maximum absolute atomic E-state index is 11.8. The molecule has 0 aromatic heterocycles. The van der Waals surface area contributed by atoms with E-state index in [-0.39, 0.29) is 11.9 Å². The molecule has 0 aliphatic carbocycles. The summed E-state index contributed by atoms with van der Waals surface area (Å²) in [5.74, 6) is -0.706. The van der Waals surface area contributed by atoms with E-state index in [1.54, 1.807) is 30.3 Å². The molecule has 0 bridgehead atoms. The van der Waals surface area contributed by atoms with Gasteiger partial charge in [-0.25, -0.2) is 9.59 Å². The molecule has 2 aromatic carbocycles. The SMILES string of the molecule is COC(=O)c1ccc(C2OC(=O)c3ccccc32)cc1. The topological polar surface area (TPSA) is 52.6 Å². The standard InChI is InChI=1S/C16H12O4/c1-19-15(17)11-8-6-10(7-9-11)14-12-4-2-3-5-13(12)16(18)20-14/h2-9,14H,1H3. The second-order valence-electron chi connectivity index (χ2n) is 4.49. The number of fused-ring (bicyclic) bond motifs is 1. The van der Waals surface area contributed by atoms with Crippen LogP contribution in [0.5, 0.6) is 0 Å². The molecule has 3 rings (SSSR count). The molecular weight excluding hydrogens is 256 g/mol. The summed E-state index contributed by atoms with van der Waals surface area (Å²) in [6, 6.07) is 14.2. The van der Waals surface area contributed by atoms with E-state index in [0.29, 0.717) is 11.1 Å². The van der Waals surface area contributed by atoms with Gasteiger partial charge in [0.1, 0.15) is 0 Å². The summed E-state index contributed by atoms with van der Waals surface area (Å²) in [5, 5.41) is 0. The molecule has 1 aliphatic rings. The van der Waals surface area contributed by atoms with Crippen LogP contribution in [0.4, 0.5) is 0 Å². The molecule has 2 aromatic rings. The normalized spacial score (nSPS) is 16.4. The number of esters is 2. The number of ether oxygens (including phenoxy) is 2. The molecule has 4 nitrogen and oxygen atoms in total. The van der Waals surface area contributed by atoms with Gasteiger partial charge in [0.2, 0.25) is 0 Å². The number of carbonyl (C=O) groups excluding carboxylic acids is 2. The predicted octanol–water partition coefficient (Wildman–Crippen LogP) is 2.73. The number of methoxy groups -OCH3 is 1. The zero-order valence-electron chi connectivity index (χ0n) is 10.8. The summed E-state index contributed by atoms with van der Waals surface area (Å²) in [7, 11) is 1.34. The Labute approximate surface area is 115 Å². The van der Waals surface area contributed by atoms with Crippen molar-refractivity contribution in [2.24, 2.45) is 0 Å². The van der Waals surface area contributed by atoms with Crippen molar-refractivity contribution in [3.05, 3.63) is 70.8 Å². The predicted molar refractivity (Wildman–Crippen MR) is 71.5 cm³/mol. The van der Waals surface area contributed by atoms with E-state index in [1.165, 1.54) is 7.11 Å². The summed E-state index contributed by atoms with van der Waals surface area (Å²) in [6.07, 6.45) is -0.412. The lowest BCUT2D eigenvalue weighted by atomic mass is 9.98. The zero-order valence-corrected chi connectivity index (χ0v) is 10.8. The molecule has 0 amide bonds. The maximum atomic E-state index is 11.8. The molecule has 0 spiro atoms. The van der Waals surface area contributed by atoms with Gasteiger partial charge in [-0.05, 0) is 23.8 Å². The number of cyclic esters (lactones) is 1. The molecule has 4 heteroatoms. The summed E-state index contributed by atoms with van der Waals surface area (Å²) in [5.41, 5.74) is 2.74. The molecule has 100 valence electrons. The van der Waals surface area contributed by atoms with Gasteiger partial charge in [0.15, 0.2) is 6.10 Å². The summed E-state index contributed by atoms with van der Waals surface area (Å²) in [6.45, 7) is 0. The van der Waals surface area contributed by atoms with Crippen LogP contribution in [-0.2, 0) is 9.47 Å². The molecule has 0 radical (unpaired) electrons. The number of hydrogen-bond donors (Lipinski definition) is 0. The Bertz CT molecular complexity index is 673. The first kappa shape index (κ1) is 12.4. The average Bonchev–Trinajstić information content (AvgIpc) is 2.84. The van der Waals surface area contributed by atoms with Crippen LogP contribution in [0.3, 0.4) is 0 Å². The van der Waals surface area contributed by atoms with Crippen molar-refractivity contribution in [1.82, 2.24) is 0 Å². The third-order valence-electron chi connectivity index (χ3n) is 3.32. The minimum atomic E-state index is -0.412. The van der Waals surface area contributed by atoms with Gasteiger partial charge in [0.05, 0.1) is 18.2 Å². The van der Waals surface area contributed by atoms with Crippen molar-refractivity contribution in [2.75, 3.05) is 7.11 Å². The number of benzene rings is 2. The second kappa shape index (κ2) is 4.81. The second-order valence-corrected chi connectivity index (χ2v) is 4.49. The fourth-order valence-electron chi connectivity index (χ4n) is 2.30. The van der Waals surface area contributed by atoms with Crippen LogP contribution in [0, 0.1) is 0 Å². The van der Waals surface area contributed by atoms with Gasteiger partial charge in [0, 0.05) is 5.56 Å². The molecule has 1 aliphatic heterocycles. The molecule has 1 heterocycles. The van der Waals surface area contributed by atoms with Crippen LogP contribution in [0.25, 0.3) is 0 Å². The highest BCUT2D eigenvalue weighted by Crippen LogP contribution is 2.35. The van der Waals surface area contributed by atoms with Crippen molar-refractivity contribution < 1.29 is 19.1 Å². The Kier molecular flexibility index (Phi) is 2.99. The summed E-state index contributed by atoms with van der Waals surface area (Å²) >= 11 is 0. The van der Waals surface area contributed by atoms with Crippen molar-refractivity contribution in [3.63, 3.8) is 0 Å². The lowest BCUT2D eigenvalue weighted by molar-refractivity contribution is 0.0454. The lowest BCUT2D eigenvalue weighted by Gasteiger charge is -2.11. The van der Waals surface area contributed by atoms with Crippen molar-refractivity contribution in [3.8, 4) is 0 Å². The third-order valence-corrected chi connectivity index (χ3v) is 3.32. The van der Waals surface area contributed by atoms with Crippen LogP contribution in [0.2, 0.25) is 0 Å². The highest BCUT2D eigenvalue weighted by atomic mass is 16.5. The fraction of sp³-hybridized carbons (Fsp3) is 0.125. The average molecular weight is 268 g/mol. The Hall–Kier alpha value is -2.62. The summed E-state index contributed by atoms with van der Waals surface area (Å²) in [4.78, 5) is 23.2. The van der Waals surface area contributed by atoms with Gasteiger partial charge in [-0.3, -0.25) is 0 Å². The van der Waals surface area contributed by atoms with Gasteiger partial charge in [-0.1, -0.05) is 30.3 Å². The Morgan fingerprint density at radius 1 is 1.10 bits per heavy atom. The van der Waals surface area contributed by atoms with Crippen LogP contribution in [0.1, 0.15) is 37.9 Å². The lowest BCUT2D eigenvalue weighted by Crippen LogP contribution is -2.04. The van der Waals surface area contributed by atoms with Gasteiger partial charge in [-0.2, -0.15) is 0 Å². The van der Waals surface area contributed by atoms with Crippen LogP contribution in [0.15, 0.2) is 48.5 Å². The zero-order chi connectivity index (χ0) is 14.1. The first-order valence-corrected chi connectivity index (χ1v) is 6.19. The third kappa shape index (κ3) is 1.95. The van der Waals surface area contributed by atoms with E-state index >= 15 is 0 Å². The highest BCUT2D eigenvalue weighted by molar-refractivity contribution is 5.94. The van der Waals surface area contributed by atoms with Gasteiger partial charge < -0.3 is 9.47 Å². The first-order chi connectivity index (χ1) is 9.70. The molecule has 1 unspecified atom stereocenters. The molecule has 1 atom stereocenters. The Morgan fingerprint density at radius 3 is 2.50 bits per heavy atom. The van der Waals surface area contributed by atoms with Gasteiger partial charge in [-0.15, -0.1) is 0 Å². The van der Waals surface area contributed by atoms with Gasteiger partial charge in [0.25, 0.3) is 0 Å². The van der Waals surface area contributed by atoms with Crippen LogP contribution in [-0.4, -0.2) is 19.0 Å². The van der Waals surface area contributed by atoms with Crippen molar-refractivity contribution in [2.45, 2.75) is 6.10 Å². The Balaban J connectivity index is 1.95. The maximum Gasteiger partial charge on any atom is 0.339 e. The quantitative estimate of drug-likeness (QED) is 0.786. The Morgan fingerprint density at radius 2 is 1.80 bits per heavy atom. The van der Waals surface area contributed by atoms with Crippen molar-refractivity contribution >= 4 is 11.9 Å². The molecule has 0 saturated heterocycles. The number of hydrogen-bond acceptors (Lipinski definition) is 4. The minimum Gasteiger partial charge on any atom is -0.465 e. The van der Waals surface area contributed by atoms with E-state index in [9.17, 15) is 9.59 Å². The molecule has 0 N–H and O–H groups in total. The fourth-order valence-corrected chi connectivity index (χ4v) is 2.30. The number of carbonyl (C=O) groups is 2. The van der Waals surface area contributed by atoms with E-state index in [2.05, 4.69) is 4.74 Å². The van der Waals surface area contributed by atoms with E-state index in [0.717, 1.165) is 11.1 Å². The summed E-state index contributed by atoms with van der Waals surface area (Å²) < 4.78 is 10.0. The monoisotopic (exact) mass is 268 g/mol. The van der Waals surface area contributed by atoms with E-state index < -0.39 is 6.10 Å². The molecule has 0 saturated carbocycles. The molecule has 20 heavy (non-hydrogen) atoms. The largest absolute Gasteiger partial charge is 0.465 e. The van der Waals surface area contributed by atoms with E-state index in [1.807, 2.05) is 18.2 Å². The molecule has 0 fully saturated rings. The van der Waals surface area contributed by atoms with Crippen LogP contribution < -0.4 is 0 Å². The van der Waals surface area contributed by atoms with Crippen LogP contribution >= 0.6 is 0 Å². The minimum absolute atomic E-state index is 0.317. The molecular formula is C16H12O4. The number of rotatable bonds is 2. The van der Waals surface area contributed by atoms with Crippen molar-refractivity contribution in [1.29, 1.82) is 0 Å². The first-order valence-electron chi connectivity index (χ1n) is 6.19. The highest BCUT2D eigenvalue weighted by Gasteiger charge is 2.31. The smallest absolute Gasteiger partial charge is 0.339 e. The van der Waals surface area contributed by atoms with E-state index in [4.69, 9.17) is 4.74 Å².